The van der Waals surface area contributed by atoms with Gasteiger partial charge in [0, 0.05) is 27.8 Å². The van der Waals surface area contributed by atoms with Gasteiger partial charge in [-0.15, -0.1) is 0 Å². The summed E-state index contributed by atoms with van der Waals surface area (Å²) in [5.41, 5.74) is 12.2. The van der Waals surface area contributed by atoms with Crippen molar-refractivity contribution in [2.24, 2.45) is 0 Å². The summed E-state index contributed by atoms with van der Waals surface area (Å²) in [7, 11) is 0. The van der Waals surface area contributed by atoms with E-state index in [-0.39, 0.29) is 0 Å². The lowest BCUT2D eigenvalue weighted by Gasteiger charge is -2.26. The largest absolute Gasteiger partial charge is 0.456 e. The molecule has 0 saturated heterocycles. The van der Waals surface area contributed by atoms with E-state index in [2.05, 4.69) is 193 Å². The van der Waals surface area contributed by atoms with E-state index in [9.17, 15) is 0 Å². The SMILES string of the molecule is c1cc(-c2ccc(N(c3ccc(-c4cccc5ccccc45)cc3)c3ccc4oc5ccccc5c4c3)cc2)cc(-c2ccc3ccccc3c2)c1. The van der Waals surface area contributed by atoms with E-state index in [4.69, 9.17) is 4.42 Å². The van der Waals surface area contributed by atoms with Gasteiger partial charge in [-0.3, -0.25) is 0 Å². The highest BCUT2D eigenvalue weighted by atomic mass is 16.3. The van der Waals surface area contributed by atoms with Crippen molar-refractivity contribution in [2.45, 2.75) is 0 Å². The van der Waals surface area contributed by atoms with Crippen molar-refractivity contribution in [2.75, 3.05) is 4.90 Å². The van der Waals surface area contributed by atoms with E-state index in [0.717, 1.165) is 39.0 Å². The zero-order chi connectivity index (χ0) is 34.4. The topological polar surface area (TPSA) is 16.4 Å². The molecule has 0 aliphatic carbocycles. The third kappa shape index (κ3) is 5.30. The molecule has 2 heteroatoms. The van der Waals surface area contributed by atoms with Gasteiger partial charge in [0.15, 0.2) is 0 Å². The molecule has 52 heavy (non-hydrogen) atoms. The normalized spacial score (nSPS) is 11.5. The Kier molecular flexibility index (Phi) is 7.18. The lowest BCUT2D eigenvalue weighted by Crippen LogP contribution is -2.09. The van der Waals surface area contributed by atoms with Crippen LogP contribution in [0.15, 0.2) is 205 Å². The minimum absolute atomic E-state index is 0.887. The summed E-state index contributed by atoms with van der Waals surface area (Å²) in [5.74, 6) is 0. The first-order chi connectivity index (χ1) is 25.7. The Morgan fingerprint density at radius 2 is 0.846 bits per heavy atom. The number of furan rings is 1. The monoisotopic (exact) mass is 663 g/mol. The summed E-state index contributed by atoms with van der Waals surface area (Å²) in [6.45, 7) is 0. The van der Waals surface area contributed by atoms with Gasteiger partial charge < -0.3 is 9.32 Å². The van der Waals surface area contributed by atoms with Crippen LogP contribution in [0.25, 0.3) is 76.9 Å². The van der Waals surface area contributed by atoms with Crippen molar-refractivity contribution in [3.8, 4) is 33.4 Å². The lowest BCUT2D eigenvalue weighted by molar-refractivity contribution is 0.669. The van der Waals surface area contributed by atoms with Gasteiger partial charge in [-0.25, -0.2) is 0 Å². The summed E-state index contributed by atoms with van der Waals surface area (Å²) in [6.07, 6.45) is 0. The Bertz CT molecular complexity index is 2890. The zero-order valence-electron chi connectivity index (χ0n) is 28.4. The molecule has 0 atom stereocenters. The van der Waals surface area contributed by atoms with Gasteiger partial charge in [0.2, 0.25) is 0 Å². The van der Waals surface area contributed by atoms with Crippen molar-refractivity contribution in [3.63, 3.8) is 0 Å². The van der Waals surface area contributed by atoms with E-state index in [1.807, 2.05) is 12.1 Å². The van der Waals surface area contributed by atoms with Crippen molar-refractivity contribution in [1.82, 2.24) is 0 Å². The molecule has 0 aliphatic rings. The number of rotatable bonds is 6. The highest BCUT2D eigenvalue weighted by Crippen LogP contribution is 2.40. The van der Waals surface area contributed by atoms with Gasteiger partial charge in [0.25, 0.3) is 0 Å². The summed E-state index contributed by atoms with van der Waals surface area (Å²) in [6, 6.07) is 71.8. The summed E-state index contributed by atoms with van der Waals surface area (Å²) >= 11 is 0. The van der Waals surface area contributed by atoms with E-state index < -0.39 is 0 Å². The number of hydrogen-bond acceptors (Lipinski definition) is 2. The molecule has 0 aliphatic heterocycles. The maximum Gasteiger partial charge on any atom is 0.135 e. The van der Waals surface area contributed by atoms with Crippen LogP contribution >= 0.6 is 0 Å². The molecule has 0 fully saturated rings. The summed E-state index contributed by atoms with van der Waals surface area (Å²) in [4.78, 5) is 2.34. The molecule has 0 amide bonds. The molecule has 0 N–H and O–H groups in total. The third-order valence-electron chi connectivity index (χ3n) is 10.2. The van der Waals surface area contributed by atoms with Gasteiger partial charge in [-0.1, -0.05) is 140 Å². The maximum atomic E-state index is 6.21. The number of anilines is 3. The molecular formula is C50H33NO. The average Bonchev–Trinajstić information content (AvgIpc) is 3.59. The van der Waals surface area contributed by atoms with E-state index in [1.165, 1.54) is 54.9 Å². The van der Waals surface area contributed by atoms with E-state index in [0.29, 0.717) is 0 Å². The van der Waals surface area contributed by atoms with Crippen LogP contribution in [0.1, 0.15) is 0 Å². The molecule has 1 heterocycles. The molecular weight excluding hydrogens is 631 g/mol. The first-order valence-electron chi connectivity index (χ1n) is 17.7. The van der Waals surface area contributed by atoms with Gasteiger partial charge >= 0.3 is 0 Å². The number of hydrogen-bond donors (Lipinski definition) is 0. The van der Waals surface area contributed by atoms with Gasteiger partial charge in [-0.05, 0) is 116 Å². The first-order valence-corrected chi connectivity index (χ1v) is 17.7. The summed E-state index contributed by atoms with van der Waals surface area (Å²) in [5, 5.41) is 7.23. The van der Waals surface area contributed by atoms with Crippen LogP contribution < -0.4 is 4.90 Å². The molecule has 0 bridgehead atoms. The molecule has 0 unspecified atom stereocenters. The molecule has 1 aromatic heterocycles. The number of benzene rings is 9. The number of para-hydroxylation sites is 1. The third-order valence-corrected chi connectivity index (χ3v) is 10.2. The molecule has 10 rings (SSSR count). The van der Waals surface area contributed by atoms with E-state index in [1.54, 1.807) is 0 Å². The van der Waals surface area contributed by atoms with Crippen LogP contribution in [0.5, 0.6) is 0 Å². The Morgan fingerprint density at radius 3 is 1.65 bits per heavy atom. The van der Waals surface area contributed by atoms with Crippen molar-refractivity contribution >= 4 is 60.5 Å². The van der Waals surface area contributed by atoms with Gasteiger partial charge in [0.05, 0.1) is 0 Å². The second-order valence-corrected chi connectivity index (χ2v) is 13.4. The van der Waals surface area contributed by atoms with E-state index >= 15 is 0 Å². The molecule has 10 aromatic rings. The molecule has 0 spiro atoms. The van der Waals surface area contributed by atoms with Crippen molar-refractivity contribution in [3.05, 3.63) is 200 Å². The second kappa shape index (κ2) is 12.5. The van der Waals surface area contributed by atoms with Gasteiger partial charge in [-0.2, -0.15) is 0 Å². The van der Waals surface area contributed by atoms with Gasteiger partial charge in [0.1, 0.15) is 11.2 Å². The fraction of sp³-hybridized carbons (Fsp3) is 0. The predicted molar refractivity (Wildman–Crippen MR) is 220 cm³/mol. The average molecular weight is 664 g/mol. The van der Waals surface area contributed by atoms with Crippen LogP contribution in [0, 0.1) is 0 Å². The van der Waals surface area contributed by atoms with Crippen LogP contribution in [0.4, 0.5) is 17.1 Å². The van der Waals surface area contributed by atoms with Crippen LogP contribution in [-0.4, -0.2) is 0 Å². The fourth-order valence-corrected chi connectivity index (χ4v) is 7.62. The van der Waals surface area contributed by atoms with Crippen LogP contribution in [0.3, 0.4) is 0 Å². The molecule has 9 aromatic carbocycles. The molecule has 2 nitrogen and oxygen atoms in total. The highest BCUT2D eigenvalue weighted by molar-refractivity contribution is 6.06. The van der Waals surface area contributed by atoms with Crippen molar-refractivity contribution < 1.29 is 4.42 Å². The lowest BCUT2D eigenvalue weighted by atomic mass is 9.97. The minimum Gasteiger partial charge on any atom is -0.456 e. The number of nitrogens with zero attached hydrogens (tertiary/aromatic N) is 1. The van der Waals surface area contributed by atoms with Crippen LogP contribution in [-0.2, 0) is 0 Å². The quantitative estimate of drug-likeness (QED) is 0.176. The predicted octanol–water partition coefficient (Wildman–Crippen LogP) is 14.4. The smallest absolute Gasteiger partial charge is 0.135 e. The molecule has 0 radical (unpaired) electrons. The maximum absolute atomic E-state index is 6.21. The Labute approximate surface area is 302 Å². The Hall–Kier alpha value is -6.90. The minimum atomic E-state index is 0.887. The number of fused-ring (bicyclic) bond motifs is 5. The molecule has 244 valence electrons. The highest BCUT2D eigenvalue weighted by Gasteiger charge is 2.16. The molecule has 0 saturated carbocycles. The second-order valence-electron chi connectivity index (χ2n) is 13.4. The first kappa shape index (κ1) is 30.0. The van der Waals surface area contributed by atoms with Crippen molar-refractivity contribution in [1.29, 1.82) is 0 Å². The zero-order valence-corrected chi connectivity index (χ0v) is 28.4. The Morgan fingerprint density at radius 1 is 0.288 bits per heavy atom. The van der Waals surface area contributed by atoms with Crippen LogP contribution in [0.2, 0.25) is 0 Å². The fourth-order valence-electron chi connectivity index (χ4n) is 7.62. The Balaban J connectivity index is 1.05. The standard InChI is InChI=1S/C50H33NO/c1-2-11-38-32-41(20-19-34(38)9-1)40-14-7-13-39(31-40)35-21-25-42(26-22-35)51(44-29-30-50-48(33-44)47-16-5-6-18-49(47)52-50)43-27-23-37(24-28-43)46-17-8-12-36-10-3-4-15-45(36)46/h1-33H. The summed E-state index contributed by atoms with van der Waals surface area (Å²) < 4.78 is 6.21.